The quantitative estimate of drug-likeness (QED) is 0.144. The number of amides is 1. The average molecular weight is 702 g/mol. The van der Waals surface area contributed by atoms with Crippen molar-refractivity contribution in [1.82, 2.24) is 0 Å². The maximum absolute atomic E-state index is 14.4. The number of fused-ring (bicyclic) bond motifs is 1. The molecule has 0 saturated heterocycles. The molecule has 1 aromatic heterocycles. The van der Waals surface area contributed by atoms with E-state index in [0.29, 0.717) is 6.42 Å². The molecule has 1 aromatic rings. The number of halogens is 17. The summed E-state index contributed by atoms with van der Waals surface area (Å²) >= 11 is 3.75. The fourth-order valence-electron chi connectivity index (χ4n) is 3.75. The standard InChI is InChI=1S/C21H16ClF16NO3S/c1-3-42-12(40)10-8-5-4-7(2)6-9(8)43-11(10)39-13(41)14(23,24)15(25,26)16(27,28)17(29,30)18(31,32)19(33,34)20(35,36)21(22,37)38/h7H,3-6H2,1-2H3,(H,39,41). The summed E-state index contributed by atoms with van der Waals surface area (Å²) < 4.78 is 224. The van der Waals surface area contributed by atoms with Crippen LogP contribution in [0, 0.1) is 5.92 Å². The Morgan fingerprint density at radius 3 is 1.70 bits per heavy atom. The van der Waals surface area contributed by atoms with Crippen LogP contribution < -0.4 is 5.32 Å². The smallest absolute Gasteiger partial charge is 0.393 e. The van der Waals surface area contributed by atoms with Crippen LogP contribution in [0.4, 0.5) is 75.2 Å². The third-order valence-electron chi connectivity index (χ3n) is 6.23. The first-order chi connectivity index (χ1) is 19.0. The molecule has 0 saturated carbocycles. The number of rotatable bonds is 11. The van der Waals surface area contributed by atoms with Crippen LogP contribution in [0.5, 0.6) is 0 Å². The second-order valence-electron chi connectivity index (χ2n) is 9.25. The van der Waals surface area contributed by atoms with E-state index in [2.05, 4.69) is 16.3 Å². The minimum Gasteiger partial charge on any atom is -0.462 e. The van der Waals surface area contributed by atoms with Crippen LogP contribution in [-0.2, 0) is 22.4 Å². The van der Waals surface area contributed by atoms with Crippen molar-refractivity contribution >= 4 is 39.8 Å². The van der Waals surface area contributed by atoms with Gasteiger partial charge in [0.25, 0.3) is 0 Å². The Labute approximate surface area is 238 Å². The Bertz CT molecular complexity index is 1240. The second-order valence-corrected chi connectivity index (χ2v) is 10.8. The van der Waals surface area contributed by atoms with Crippen LogP contribution in [0.2, 0.25) is 0 Å². The Kier molecular flexibility index (Phi) is 9.47. The molecular weight excluding hydrogens is 686 g/mol. The third-order valence-corrected chi connectivity index (χ3v) is 7.63. The van der Waals surface area contributed by atoms with E-state index in [4.69, 9.17) is 0 Å². The summed E-state index contributed by atoms with van der Waals surface area (Å²) in [5.41, 5.74) is -0.684. The maximum atomic E-state index is 14.4. The van der Waals surface area contributed by atoms with E-state index >= 15 is 0 Å². The minimum absolute atomic E-state index is 0.0170. The molecular formula is C21H16ClF16NO3S. The number of ether oxygens (including phenoxy) is 1. The highest BCUT2D eigenvalue weighted by atomic mass is 35.5. The fourth-order valence-corrected chi connectivity index (χ4v) is 5.26. The van der Waals surface area contributed by atoms with Gasteiger partial charge in [-0.2, -0.15) is 70.2 Å². The van der Waals surface area contributed by atoms with Crippen molar-refractivity contribution in [2.24, 2.45) is 5.92 Å². The summed E-state index contributed by atoms with van der Waals surface area (Å²) in [5.74, 6) is -62.7. The highest BCUT2D eigenvalue weighted by Gasteiger charge is 2.95. The lowest BCUT2D eigenvalue weighted by Gasteiger charge is -2.42. The molecule has 1 aliphatic rings. The number of anilines is 1. The normalized spacial score (nSPS) is 17.9. The molecule has 4 nitrogen and oxygen atoms in total. The van der Waals surface area contributed by atoms with Gasteiger partial charge in [-0.05, 0) is 49.3 Å². The van der Waals surface area contributed by atoms with Crippen LogP contribution in [-0.4, -0.2) is 65.3 Å². The molecule has 1 heterocycles. The molecule has 0 aliphatic heterocycles. The van der Waals surface area contributed by atoms with Crippen molar-refractivity contribution in [3.8, 4) is 0 Å². The van der Waals surface area contributed by atoms with E-state index in [1.165, 1.54) is 6.92 Å². The number of hydrogen-bond acceptors (Lipinski definition) is 4. The molecule has 1 amide bonds. The van der Waals surface area contributed by atoms with Gasteiger partial charge in [-0.3, -0.25) is 4.79 Å². The maximum Gasteiger partial charge on any atom is 0.393 e. The van der Waals surface area contributed by atoms with E-state index in [-0.39, 0.29) is 47.1 Å². The molecule has 248 valence electrons. The number of hydrogen-bond donors (Lipinski definition) is 1. The van der Waals surface area contributed by atoms with Gasteiger partial charge in [0.05, 0.1) is 12.2 Å². The highest BCUT2D eigenvalue weighted by Crippen LogP contribution is 2.64. The first-order valence-electron chi connectivity index (χ1n) is 11.3. The molecule has 1 unspecified atom stereocenters. The van der Waals surface area contributed by atoms with Crippen molar-refractivity contribution in [1.29, 1.82) is 0 Å². The number of esters is 1. The van der Waals surface area contributed by atoms with Gasteiger partial charge >= 0.3 is 58.7 Å². The summed E-state index contributed by atoms with van der Waals surface area (Å²) in [7, 11) is 0. The molecule has 1 aliphatic carbocycles. The summed E-state index contributed by atoms with van der Waals surface area (Å²) in [5, 5.41) is -7.05. The van der Waals surface area contributed by atoms with Gasteiger partial charge in [-0.1, -0.05) is 6.92 Å². The third kappa shape index (κ3) is 5.38. The van der Waals surface area contributed by atoms with Crippen molar-refractivity contribution in [2.75, 3.05) is 11.9 Å². The van der Waals surface area contributed by atoms with E-state index < -0.39 is 69.3 Å². The Morgan fingerprint density at radius 2 is 1.26 bits per heavy atom. The monoisotopic (exact) mass is 701 g/mol. The van der Waals surface area contributed by atoms with E-state index in [1.807, 2.05) is 0 Å². The minimum atomic E-state index is -8.70. The van der Waals surface area contributed by atoms with E-state index in [9.17, 15) is 79.8 Å². The fraction of sp³-hybridized carbons (Fsp3) is 0.714. The van der Waals surface area contributed by atoms with Crippen LogP contribution in [0.15, 0.2) is 0 Å². The molecule has 0 spiro atoms. The van der Waals surface area contributed by atoms with Crippen LogP contribution in [0.25, 0.3) is 0 Å². The molecule has 0 bridgehead atoms. The first-order valence-corrected chi connectivity index (χ1v) is 12.5. The molecule has 2 rings (SSSR count). The summed E-state index contributed by atoms with van der Waals surface area (Å²) in [4.78, 5) is 24.6. The second kappa shape index (κ2) is 11.0. The van der Waals surface area contributed by atoms with Crippen LogP contribution in [0.3, 0.4) is 0 Å². The zero-order chi connectivity index (χ0) is 34.0. The predicted octanol–water partition coefficient (Wildman–Crippen LogP) is 8.27. The van der Waals surface area contributed by atoms with Gasteiger partial charge in [-0.15, -0.1) is 11.3 Å². The SMILES string of the molecule is CCOC(=O)c1c(NC(=O)C(F)(F)C(F)(F)C(F)(F)C(F)(F)C(F)(F)C(F)(F)C(F)(F)C(F)(F)Cl)sc2c1CCC(C)C2. The van der Waals surface area contributed by atoms with Gasteiger partial charge in [-0.25, -0.2) is 4.79 Å². The van der Waals surface area contributed by atoms with Gasteiger partial charge < -0.3 is 10.1 Å². The lowest BCUT2D eigenvalue weighted by molar-refractivity contribution is -0.445. The summed E-state index contributed by atoms with van der Waals surface area (Å²) in [6, 6.07) is 0. The number of carbonyl (C=O) groups is 2. The van der Waals surface area contributed by atoms with Gasteiger partial charge in [0.1, 0.15) is 5.00 Å². The van der Waals surface area contributed by atoms with Crippen molar-refractivity contribution in [3.63, 3.8) is 0 Å². The van der Waals surface area contributed by atoms with Crippen molar-refractivity contribution in [3.05, 3.63) is 16.0 Å². The lowest BCUT2D eigenvalue weighted by Crippen LogP contribution is -2.75. The molecule has 0 radical (unpaired) electrons. The van der Waals surface area contributed by atoms with Crippen molar-refractivity contribution in [2.45, 2.75) is 79.9 Å². The molecule has 0 aromatic carbocycles. The summed E-state index contributed by atoms with van der Waals surface area (Å²) in [6.07, 6.45) is 0.476. The Balaban J connectivity index is 2.59. The first kappa shape index (κ1) is 37.0. The molecule has 43 heavy (non-hydrogen) atoms. The Morgan fingerprint density at radius 1 is 0.814 bits per heavy atom. The average Bonchev–Trinajstić information content (AvgIpc) is 3.19. The van der Waals surface area contributed by atoms with Crippen molar-refractivity contribution < 1.29 is 84.6 Å². The van der Waals surface area contributed by atoms with E-state index in [0.717, 1.165) is 5.32 Å². The molecule has 22 heteroatoms. The number of nitrogens with one attached hydrogen (secondary N) is 1. The molecule has 0 fully saturated rings. The number of thiophene rings is 1. The van der Waals surface area contributed by atoms with Crippen LogP contribution >= 0.6 is 22.9 Å². The largest absolute Gasteiger partial charge is 0.462 e. The van der Waals surface area contributed by atoms with E-state index in [1.54, 1.807) is 6.92 Å². The van der Waals surface area contributed by atoms with Crippen LogP contribution in [0.1, 0.15) is 41.1 Å². The number of alkyl halides is 17. The summed E-state index contributed by atoms with van der Waals surface area (Å²) in [6.45, 7) is 2.54. The highest BCUT2D eigenvalue weighted by molar-refractivity contribution is 7.17. The Hall–Kier alpha value is -2.19. The van der Waals surface area contributed by atoms with Gasteiger partial charge in [0, 0.05) is 4.88 Å². The molecule has 1 N–H and O–H groups in total. The van der Waals surface area contributed by atoms with Gasteiger partial charge in [0.2, 0.25) is 0 Å². The number of carbonyl (C=O) groups excluding carboxylic acids is 2. The zero-order valence-corrected chi connectivity index (χ0v) is 22.5. The lowest BCUT2D eigenvalue weighted by atomic mass is 9.88. The zero-order valence-electron chi connectivity index (χ0n) is 21.0. The predicted molar refractivity (Wildman–Crippen MR) is 116 cm³/mol. The molecule has 1 atom stereocenters. The van der Waals surface area contributed by atoms with Gasteiger partial charge in [0.15, 0.2) is 0 Å². The topological polar surface area (TPSA) is 55.4 Å².